The van der Waals surface area contributed by atoms with Crippen LogP contribution in [0.25, 0.3) is 43.1 Å². The molecule has 0 amide bonds. The van der Waals surface area contributed by atoms with Crippen molar-refractivity contribution in [2.24, 2.45) is 7.05 Å². The molecule has 59 heavy (non-hydrogen) atoms. The Morgan fingerprint density at radius 3 is 2.39 bits per heavy atom. The number of anilines is 4. The largest absolute Gasteiger partial charge is 0.489 e. The van der Waals surface area contributed by atoms with Crippen LogP contribution >= 0.6 is 11.3 Å². The molecule has 0 spiro atoms. The molecule has 0 saturated carbocycles. The molecule has 0 aliphatic carbocycles. The third-order valence-corrected chi connectivity index (χ3v) is 14.0. The van der Waals surface area contributed by atoms with Crippen LogP contribution in [0.3, 0.4) is 0 Å². The minimum atomic E-state index is 0.484. The van der Waals surface area contributed by atoms with Gasteiger partial charge in [-0.05, 0) is 72.5 Å². The summed E-state index contributed by atoms with van der Waals surface area (Å²) >= 11 is 1.78. The van der Waals surface area contributed by atoms with Crippen molar-refractivity contribution in [2.75, 3.05) is 85.3 Å². The van der Waals surface area contributed by atoms with Crippen LogP contribution in [0.1, 0.15) is 28.1 Å². The highest BCUT2D eigenvalue weighted by Gasteiger charge is 2.27. The number of nitrogens with zero attached hydrogens (tertiary/aromatic N) is 7. The molecule has 8 aromatic rings. The number of morpholine rings is 2. The number of hydrogen-bond donors (Lipinski definition) is 1. The SMILES string of the molecule is Cn1c2c(c3cc(OCc4cccc5c6c([nH]c45)CN(c4nc5ccc(N7CCOCC7)cc5o4)CC6)ccc31)CCN(c1ccc3sc(N4CCOCC4)nc3c1)C2. The maximum absolute atomic E-state index is 6.59. The summed E-state index contributed by atoms with van der Waals surface area (Å²) < 4.78 is 27.7. The van der Waals surface area contributed by atoms with E-state index in [1.807, 2.05) is 0 Å². The van der Waals surface area contributed by atoms with Gasteiger partial charge in [0.25, 0.3) is 6.01 Å². The molecule has 8 heterocycles. The first-order valence-electron chi connectivity index (χ1n) is 20.9. The highest BCUT2D eigenvalue weighted by molar-refractivity contribution is 7.22. The summed E-state index contributed by atoms with van der Waals surface area (Å²) in [6.45, 7) is 10.5. The number of ether oxygens (including phenoxy) is 3. The van der Waals surface area contributed by atoms with Gasteiger partial charge in [-0.15, -0.1) is 0 Å². The minimum Gasteiger partial charge on any atom is -0.489 e. The van der Waals surface area contributed by atoms with Gasteiger partial charge in [0.05, 0.1) is 55.3 Å². The van der Waals surface area contributed by atoms with Gasteiger partial charge in [-0.1, -0.05) is 29.5 Å². The van der Waals surface area contributed by atoms with Gasteiger partial charge in [0.2, 0.25) is 0 Å². The fraction of sp³-hybridized carbons (Fsp3) is 0.348. The Kier molecular flexibility index (Phi) is 8.48. The number of hydrogen-bond acceptors (Lipinski definition) is 11. The van der Waals surface area contributed by atoms with Gasteiger partial charge in [-0.3, -0.25) is 0 Å². The van der Waals surface area contributed by atoms with E-state index in [0.717, 1.165) is 136 Å². The van der Waals surface area contributed by atoms with Crippen LogP contribution in [0, 0.1) is 0 Å². The molecule has 4 aromatic heterocycles. The fourth-order valence-corrected chi connectivity index (χ4v) is 10.7. The molecule has 1 N–H and O–H groups in total. The normalized spacial score (nSPS) is 17.4. The molecule has 4 aliphatic heterocycles. The summed E-state index contributed by atoms with van der Waals surface area (Å²) in [6.07, 6.45) is 1.90. The van der Waals surface area contributed by atoms with Gasteiger partial charge < -0.3 is 47.8 Å². The van der Waals surface area contributed by atoms with Crippen molar-refractivity contribution in [1.82, 2.24) is 19.5 Å². The Labute approximate surface area is 345 Å². The van der Waals surface area contributed by atoms with Crippen molar-refractivity contribution in [3.8, 4) is 5.75 Å². The lowest BCUT2D eigenvalue weighted by Gasteiger charge is -2.30. The second-order valence-corrected chi connectivity index (χ2v) is 17.2. The zero-order chi connectivity index (χ0) is 39.0. The Balaban J connectivity index is 0.753. The van der Waals surface area contributed by atoms with E-state index in [4.69, 9.17) is 28.6 Å². The van der Waals surface area contributed by atoms with E-state index in [2.05, 4.69) is 109 Å². The van der Waals surface area contributed by atoms with Crippen molar-refractivity contribution < 1.29 is 18.6 Å². The molecule has 4 aliphatic rings. The summed E-state index contributed by atoms with van der Waals surface area (Å²) in [5.74, 6) is 0.894. The predicted molar refractivity (Wildman–Crippen MR) is 235 cm³/mol. The summed E-state index contributed by atoms with van der Waals surface area (Å²) in [5.41, 5.74) is 14.1. The number of thiazole rings is 1. The van der Waals surface area contributed by atoms with E-state index < -0.39 is 0 Å². The third kappa shape index (κ3) is 6.17. The molecule has 12 nitrogen and oxygen atoms in total. The molecule has 0 atom stereocenters. The third-order valence-electron chi connectivity index (χ3n) is 12.9. The summed E-state index contributed by atoms with van der Waals surface area (Å²) in [5, 5.41) is 3.66. The predicted octanol–water partition coefficient (Wildman–Crippen LogP) is 7.79. The monoisotopic (exact) mass is 806 g/mol. The molecule has 2 fully saturated rings. The molecule has 0 unspecified atom stereocenters. The lowest BCUT2D eigenvalue weighted by Crippen LogP contribution is -2.36. The Morgan fingerprint density at radius 2 is 1.51 bits per heavy atom. The van der Waals surface area contributed by atoms with Crippen LogP contribution in [0.2, 0.25) is 0 Å². The highest BCUT2D eigenvalue weighted by Crippen LogP contribution is 2.38. The Bertz CT molecular complexity index is 2880. The van der Waals surface area contributed by atoms with Gasteiger partial charge in [0.1, 0.15) is 17.9 Å². The van der Waals surface area contributed by atoms with Crippen LogP contribution in [-0.2, 0) is 49.1 Å². The van der Waals surface area contributed by atoms with Crippen molar-refractivity contribution >= 4 is 77.0 Å². The number of fused-ring (bicyclic) bond motifs is 8. The second kappa shape index (κ2) is 14.2. The molecule has 0 bridgehead atoms. The highest BCUT2D eigenvalue weighted by atomic mass is 32.1. The van der Waals surface area contributed by atoms with Crippen LogP contribution in [-0.4, -0.2) is 85.2 Å². The number of benzene rings is 4. The maximum atomic E-state index is 6.59. The fourth-order valence-electron chi connectivity index (χ4n) is 9.66. The molecular formula is C46H46N8O4S. The zero-order valence-electron chi connectivity index (χ0n) is 33.2. The number of oxazole rings is 1. The van der Waals surface area contributed by atoms with Crippen LogP contribution in [0.4, 0.5) is 22.5 Å². The second-order valence-electron chi connectivity index (χ2n) is 16.2. The van der Waals surface area contributed by atoms with Crippen LogP contribution in [0.5, 0.6) is 5.75 Å². The molecule has 0 radical (unpaired) electrons. The topological polar surface area (TPSA) is 100 Å². The van der Waals surface area contributed by atoms with Gasteiger partial charge >= 0.3 is 0 Å². The summed E-state index contributed by atoms with van der Waals surface area (Å²) in [6, 6.07) is 26.9. The number of nitrogens with one attached hydrogen (secondary N) is 1. The van der Waals surface area contributed by atoms with E-state index in [1.165, 1.54) is 49.2 Å². The van der Waals surface area contributed by atoms with Crippen molar-refractivity contribution in [1.29, 1.82) is 0 Å². The number of aryl methyl sites for hydroxylation is 1. The number of rotatable bonds is 7. The minimum absolute atomic E-state index is 0.484. The quantitative estimate of drug-likeness (QED) is 0.172. The van der Waals surface area contributed by atoms with E-state index in [-0.39, 0.29) is 0 Å². The summed E-state index contributed by atoms with van der Waals surface area (Å²) in [4.78, 5) is 23.2. The number of H-pyrrole nitrogens is 1. The molecule has 13 heteroatoms. The average molecular weight is 807 g/mol. The van der Waals surface area contributed by atoms with Crippen LogP contribution < -0.4 is 24.3 Å². The first kappa shape index (κ1) is 35.2. The Morgan fingerprint density at radius 1 is 0.712 bits per heavy atom. The zero-order valence-corrected chi connectivity index (χ0v) is 34.0. The van der Waals surface area contributed by atoms with E-state index >= 15 is 0 Å². The number of para-hydroxylation sites is 1. The van der Waals surface area contributed by atoms with E-state index in [1.54, 1.807) is 11.3 Å². The Hall–Kier alpha value is -5.76. The van der Waals surface area contributed by atoms with Crippen molar-refractivity contribution in [3.05, 3.63) is 101 Å². The maximum Gasteiger partial charge on any atom is 0.298 e. The van der Waals surface area contributed by atoms with E-state index in [0.29, 0.717) is 12.6 Å². The first-order valence-corrected chi connectivity index (χ1v) is 21.7. The van der Waals surface area contributed by atoms with Crippen molar-refractivity contribution in [3.63, 3.8) is 0 Å². The molecule has 300 valence electrons. The smallest absolute Gasteiger partial charge is 0.298 e. The molecule has 4 aromatic carbocycles. The number of aromatic amines is 1. The van der Waals surface area contributed by atoms with Crippen molar-refractivity contribution in [2.45, 2.75) is 32.5 Å². The molecule has 12 rings (SSSR count). The average Bonchev–Trinajstić information content (AvgIpc) is 4.08. The molecule has 2 saturated heterocycles. The molecular weight excluding hydrogens is 761 g/mol. The first-order chi connectivity index (χ1) is 29.1. The lowest BCUT2D eigenvalue weighted by molar-refractivity contribution is 0.122. The van der Waals surface area contributed by atoms with Gasteiger partial charge in [-0.25, -0.2) is 4.98 Å². The summed E-state index contributed by atoms with van der Waals surface area (Å²) in [7, 11) is 2.20. The number of aromatic nitrogens is 4. The lowest BCUT2D eigenvalue weighted by atomic mass is 10.0. The van der Waals surface area contributed by atoms with Crippen LogP contribution in [0.15, 0.2) is 77.2 Å². The van der Waals surface area contributed by atoms with Gasteiger partial charge in [0, 0.05) is 97.0 Å². The van der Waals surface area contributed by atoms with Gasteiger partial charge in [0.15, 0.2) is 10.7 Å². The standard InChI is InChI=1S/C46H46N8O4S/c1-50-40-9-7-32(25-36(40)34-12-13-53(27-41(34)50)30-6-10-43-38(23-30)49-46(59-43)52-17-21-56-22-18-52)57-28-29-3-2-4-35-33-11-14-54(26-39(33)47-44(29)35)45-48-37-8-5-31(24-42(37)58-45)51-15-19-55-20-16-51/h2-10,23-25,47H,11-22,26-28H2,1H3. The van der Waals surface area contributed by atoms with Gasteiger partial charge in [-0.2, -0.15) is 4.98 Å². The van der Waals surface area contributed by atoms with E-state index in [9.17, 15) is 0 Å².